The van der Waals surface area contributed by atoms with E-state index in [1.165, 1.54) is 82.4 Å². The Morgan fingerprint density at radius 1 is 0.500 bits per heavy atom. The Hall–Kier alpha value is -3.35. The van der Waals surface area contributed by atoms with Crippen molar-refractivity contribution in [1.82, 2.24) is 0 Å². The Labute approximate surface area is 315 Å². The number of benzene rings is 5. The second-order valence-electron chi connectivity index (χ2n) is 13.9. The second-order valence-corrected chi connectivity index (χ2v) is 15.1. The van der Waals surface area contributed by atoms with Crippen molar-refractivity contribution in [3.05, 3.63) is 180 Å². The van der Waals surface area contributed by atoms with Crippen LogP contribution in [-0.2, 0) is 35.1 Å². The summed E-state index contributed by atoms with van der Waals surface area (Å²) in [6.07, 6.45) is 0. The van der Waals surface area contributed by atoms with Crippen molar-refractivity contribution >= 4 is 24.8 Å². The Morgan fingerprint density at radius 2 is 0.917 bits per heavy atom. The van der Waals surface area contributed by atoms with Gasteiger partial charge in [-0.15, -0.1) is 45.8 Å². The molecule has 7 rings (SSSR count). The van der Waals surface area contributed by atoms with E-state index >= 15 is 0 Å². The molecule has 3 heteroatoms. The quantitative estimate of drug-likeness (QED) is 0.190. The molecule has 7 aromatic carbocycles. The third-order valence-corrected chi connectivity index (χ3v) is 9.73. The summed E-state index contributed by atoms with van der Waals surface area (Å²) in [5.41, 5.74) is 8.51. The molecule has 0 saturated carbocycles. The topological polar surface area (TPSA) is 0 Å². The minimum absolute atomic E-state index is 0. The van der Waals surface area contributed by atoms with Gasteiger partial charge in [0, 0.05) is 0 Å². The molecule has 0 aromatic heterocycles. The van der Waals surface area contributed by atoms with Gasteiger partial charge in [0.1, 0.15) is 0 Å². The van der Waals surface area contributed by atoms with Crippen molar-refractivity contribution in [3.8, 4) is 11.1 Å². The van der Waals surface area contributed by atoms with E-state index in [0.717, 1.165) is 0 Å². The van der Waals surface area contributed by atoms with E-state index < -0.39 is 0 Å². The SMILES string of the molecule is CC(C)(C)c1cc(-c2ccc[cH-]2)cc(C(C)(C)C)c1.[Cl-].[Cl-].[Zr+2]=[C](c1ccccc1)c1ccccc1.c1ccc2c(c1)[cH-]c1ccccc12. The zero-order valence-corrected chi connectivity index (χ0v) is 32.7. The van der Waals surface area contributed by atoms with Crippen molar-refractivity contribution in [2.24, 2.45) is 0 Å². The van der Waals surface area contributed by atoms with Crippen LogP contribution in [0.1, 0.15) is 63.8 Å². The molecule has 0 unspecified atom stereocenters. The Balaban J connectivity index is 0.000000195. The average molecular weight is 747 g/mol. The fraction of sp³-hybridized carbons (Fsp3) is 0.178. The summed E-state index contributed by atoms with van der Waals surface area (Å²) < 4.78 is 1.42. The van der Waals surface area contributed by atoms with Gasteiger partial charge in [0.05, 0.1) is 0 Å². The van der Waals surface area contributed by atoms with Gasteiger partial charge in [-0.1, -0.05) is 113 Å². The van der Waals surface area contributed by atoms with E-state index in [1.54, 1.807) is 0 Å². The van der Waals surface area contributed by atoms with Gasteiger partial charge in [0.15, 0.2) is 0 Å². The molecule has 0 heterocycles. The molecule has 48 heavy (non-hydrogen) atoms. The maximum atomic E-state index is 2.37. The molecule has 0 atom stereocenters. The largest absolute Gasteiger partial charge is 0.126 e. The van der Waals surface area contributed by atoms with Crippen molar-refractivity contribution in [2.75, 3.05) is 0 Å². The summed E-state index contributed by atoms with van der Waals surface area (Å²) in [6, 6.07) is 56.0. The van der Waals surface area contributed by atoms with Gasteiger partial charge in [-0.3, -0.25) is 0 Å². The van der Waals surface area contributed by atoms with Gasteiger partial charge in [-0.25, -0.2) is 0 Å². The van der Waals surface area contributed by atoms with Crippen LogP contribution in [0.4, 0.5) is 0 Å². The zero-order chi connectivity index (χ0) is 32.7. The monoisotopic (exact) mass is 744 g/mol. The minimum atomic E-state index is 0. The van der Waals surface area contributed by atoms with Crippen LogP contribution in [0.25, 0.3) is 32.7 Å². The van der Waals surface area contributed by atoms with Crippen LogP contribution in [0.5, 0.6) is 0 Å². The molecular weight excluding hydrogens is 703 g/mol. The van der Waals surface area contributed by atoms with E-state index in [1.807, 2.05) is 0 Å². The van der Waals surface area contributed by atoms with Crippen LogP contribution in [0.3, 0.4) is 0 Å². The first-order valence-electron chi connectivity index (χ1n) is 16.1. The number of hydrogen-bond donors (Lipinski definition) is 0. The smallest absolute Gasteiger partial charge is 0.0771 e. The maximum absolute atomic E-state index is 2.37. The summed E-state index contributed by atoms with van der Waals surface area (Å²) in [7, 11) is 0. The van der Waals surface area contributed by atoms with Crippen LogP contribution in [0, 0.1) is 0 Å². The van der Waals surface area contributed by atoms with Crippen molar-refractivity contribution in [3.63, 3.8) is 0 Å². The summed E-state index contributed by atoms with van der Waals surface area (Å²) in [4.78, 5) is 0. The molecule has 0 radical (unpaired) electrons. The maximum Gasteiger partial charge on any atom is -0.0771 e. The molecular formula is C45H44Cl2Zr-2. The molecule has 0 spiro atoms. The third kappa shape index (κ3) is 10.1. The summed E-state index contributed by atoms with van der Waals surface area (Å²) in [5.74, 6) is 0. The van der Waals surface area contributed by atoms with E-state index in [9.17, 15) is 0 Å². The Kier molecular flexibility index (Phi) is 14.1. The third-order valence-electron chi connectivity index (χ3n) is 8.31. The number of fused-ring (bicyclic) bond motifs is 3. The van der Waals surface area contributed by atoms with Gasteiger partial charge >= 0.3 is 99.2 Å². The van der Waals surface area contributed by atoms with Gasteiger partial charge in [0.2, 0.25) is 0 Å². The van der Waals surface area contributed by atoms with Crippen LogP contribution in [0.15, 0.2) is 158 Å². The summed E-state index contributed by atoms with van der Waals surface area (Å²) >= 11 is 1.46. The molecule has 0 nitrogen and oxygen atoms in total. The normalized spacial score (nSPS) is 10.9. The van der Waals surface area contributed by atoms with E-state index in [-0.39, 0.29) is 35.6 Å². The predicted molar refractivity (Wildman–Crippen MR) is 198 cm³/mol. The molecule has 0 aliphatic heterocycles. The number of hydrogen-bond acceptors (Lipinski definition) is 0. The summed E-state index contributed by atoms with van der Waals surface area (Å²) in [5, 5.41) is 5.39. The Morgan fingerprint density at radius 3 is 1.31 bits per heavy atom. The fourth-order valence-corrected chi connectivity index (χ4v) is 6.33. The molecule has 0 amide bonds. The van der Waals surface area contributed by atoms with Crippen LogP contribution >= 0.6 is 0 Å². The van der Waals surface area contributed by atoms with Crippen LogP contribution < -0.4 is 24.8 Å². The van der Waals surface area contributed by atoms with E-state index in [2.05, 4.69) is 199 Å². The number of halogens is 2. The first kappa shape index (κ1) is 39.1. The second kappa shape index (κ2) is 17.4. The van der Waals surface area contributed by atoms with Crippen molar-refractivity contribution in [2.45, 2.75) is 52.4 Å². The van der Waals surface area contributed by atoms with E-state index in [0.29, 0.717) is 0 Å². The minimum Gasteiger partial charge on any atom is -0.126 e. The molecule has 0 bridgehead atoms. The zero-order valence-electron chi connectivity index (χ0n) is 28.8. The predicted octanol–water partition coefficient (Wildman–Crippen LogP) is 6.19. The van der Waals surface area contributed by atoms with Gasteiger partial charge in [0.25, 0.3) is 0 Å². The Bertz CT molecular complexity index is 1880. The van der Waals surface area contributed by atoms with Gasteiger partial charge in [-0.05, 0) is 10.8 Å². The fourth-order valence-electron chi connectivity index (χ4n) is 5.51. The molecule has 0 N–H and O–H groups in total. The number of rotatable bonds is 3. The molecule has 0 fully saturated rings. The first-order chi connectivity index (χ1) is 22.0. The van der Waals surface area contributed by atoms with Crippen LogP contribution in [0.2, 0.25) is 0 Å². The molecule has 0 saturated heterocycles. The van der Waals surface area contributed by atoms with E-state index in [4.69, 9.17) is 0 Å². The first-order valence-corrected chi connectivity index (χ1v) is 17.3. The molecule has 244 valence electrons. The molecule has 7 aromatic rings. The van der Waals surface area contributed by atoms with Crippen molar-refractivity contribution in [1.29, 1.82) is 0 Å². The van der Waals surface area contributed by atoms with Gasteiger partial charge < -0.3 is 24.8 Å². The summed E-state index contributed by atoms with van der Waals surface area (Å²) in [6.45, 7) is 13.7. The van der Waals surface area contributed by atoms with Gasteiger partial charge in [-0.2, -0.15) is 23.8 Å². The molecule has 0 aliphatic carbocycles. The van der Waals surface area contributed by atoms with Crippen LogP contribution in [-0.4, -0.2) is 3.21 Å². The standard InChI is InChI=1S/C19H25.C13H9.C13H10.2ClH.Zr/c1-18(2,3)16-11-15(14-9-7-8-10-14)12-17(13-16)19(4,5)6;1-3-7-12-10(5-1)9-11-6-2-4-8-13(11)12;1-3-7-12(8-4-1)11-13-9-5-2-6-10-13;;;/h7-13H,1-6H3;1-9H;1-10H;2*1H;/q2*-1;;;;+2/p-2. The molecule has 0 aliphatic rings. The van der Waals surface area contributed by atoms with Crippen molar-refractivity contribution < 1.29 is 49.0 Å². The average Bonchev–Trinajstić information content (AvgIpc) is 3.74.